The zero-order valence-electron chi connectivity index (χ0n) is 12.2. The summed E-state index contributed by atoms with van der Waals surface area (Å²) >= 11 is 0. The molecule has 1 aliphatic carbocycles. The lowest BCUT2D eigenvalue weighted by molar-refractivity contribution is -0.127. The number of β-amino-alcohol motifs (C(OH)–C–C–N with tert-alkyl or cyclic N) is 1. The second-order valence-electron chi connectivity index (χ2n) is 6.88. The first kappa shape index (κ1) is 14.3. The molecule has 0 aromatic carbocycles. The number of rotatable bonds is 3. The van der Waals surface area contributed by atoms with Gasteiger partial charge in [-0.15, -0.1) is 0 Å². The Labute approximate surface area is 120 Å². The van der Waals surface area contributed by atoms with Crippen LogP contribution in [0.1, 0.15) is 51.4 Å². The molecule has 4 N–H and O–H groups in total. The monoisotopic (exact) mass is 281 g/mol. The van der Waals surface area contributed by atoms with Crippen LogP contribution in [-0.4, -0.2) is 47.8 Å². The number of piperidine rings is 1. The molecule has 0 bridgehead atoms. The first-order valence-electron chi connectivity index (χ1n) is 8.10. The number of carbonyl (C=O) groups excluding carboxylic acids is 1. The van der Waals surface area contributed by atoms with Crippen molar-refractivity contribution in [1.82, 2.24) is 16.0 Å². The maximum atomic E-state index is 12.3. The third-order valence-electron chi connectivity index (χ3n) is 5.35. The van der Waals surface area contributed by atoms with Crippen molar-refractivity contribution in [1.29, 1.82) is 0 Å². The smallest absolute Gasteiger partial charge is 0.223 e. The maximum absolute atomic E-state index is 12.3. The van der Waals surface area contributed by atoms with Gasteiger partial charge in [0.2, 0.25) is 5.91 Å². The van der Waals surface area contributed by atoms with Gasteiger partial charge in [-0.2, -0.15) is 0 Å². The van der Waals surface area contributed by atoms with Gasteiger partial charge in [-0.1, -0.05) is 12.8 Å². The van der Waals surface area contributed by atoms with E-state index in [2.05, 4.69) is 16.0 Å². The fourth-order valence-electron chi connectivity index (χ4n) is 4.25. The Kier molecular flexibility index (Phi) is 4.02. The van der Waals surface area contributed by atoms with Crippen LogP contribution < -0.4 is 16.0 Å². The standard InChI is InChI=1S/C15H27N3O2/c19-13(10-14(20)5-3-8-16-11-14)18-12-4-9-17-15(12)6-1-2-7-15/h12,16-17,20H,1-11H2,(H,18,19). The molecule has 2 saturated heterocycles. The molecule has 3 aliphatic rings. The molecule has 0 aromatic heterocycles. The summed E-state index contributed by atoms with van der Waals surface area (Å²) in [7, 11) is 0. The average molecular weight is 281 g/mol. The summed E-state index contributed by atoms with van der Waals surface area (Å²) in [4.78, 5) is 12.3. The number of aliphatic hydroxyl groups is 1. The van der Waals surface area contributed by atoms with Crippen LogP contribution in [0.2, 0.25) is 0 Å². The van der Waals surface area contributed by atoms with Crippen molar-refractivity contribution in [3.8, 4) is 0 Å². The number of carbonyl (C=O) groups is 1. The molecule has 0 radical (unpaired) electrons. The fourth-order valence-corrected chi connectivity index (χ4v) is 4.25. The summed E-state index contributed by atoms with van der Waals surface area (Å²) < 4.78 is 0. The number of hydrogen-bond donors (Lipinski definition) is 4. The minimum absolute atomic E-state index is 0.0103. The van der Waals surface area contributed by atoms with Crippen molar-refractivity contribution in [2.45, 2.75) is 68.5 Å². The fraction of sp³-hybridized carbons (Fsp3) is 0.933. The molecule has 0 aromatic rings. The summed E-state index contributed by atoms with van der Waals surface area (Å²) in [5, 5.41) is 20.4. The van der Waals surface area contributed by atoms with Crippen molar-refractivity contribution in [2.75, 3.05) is 19.6 Å². The summed E-state index contributed by atoms with van der Waals surface area (Å²) in [6.45, 7) is 2.48. The molecule has 3 rings (SSSR count). The van der Waals surface area contributed by atoms with E-state index in [1.54, 1.807) is 0 Å². The quantitative estimate of drug-likeness (QED) is 0.600. The van der Waals surface area contributed by atoms with Gasteiger partial charge in [0.15, 0.2) is 0 Å². The topological polar surface area (TPSA) is 73.4 Å². The number of hydrogen-bond acceptors (Lipinski definition) is 4. The van der Waals surface area contributed by atoms with Crippen molar-refractivity contribution in [3.63, 3.8) is 0 Å². The van der Waals surface area contributed by atoms with Gasteiger partial charge >= 0.3 is 0 Å². The molecular formula is C15H27N3O2. The minimum Gasteiger partial charge on any atom is -0.388 e. The highest BCUT2D eigenvalue weighted by atomic mass is 16.3. The molecule has 1 saturated carbocycles. The third-order valence-corrected chi connectivity index (χ3v) is 5.35. The average Bonchev–Trinajstić information content (AvgIpc) is 3.02. The highest BCUT2D eigenvalue weighted by Crippen LogP contribution is 2.37. The lowest BCUT2D eigenvalue weighted by Gasteiger charge is -2.35. The van der Waals surface area contributed by atoms with Crippen LogP contribution in [0.15, 0.2) is 0 Å². The summed E-state index contributed by atoms with van der Waals surface area (Å²) in [5.41, 5.74) is -0.708. The predicted octanol–water partition coefficient (Wildman–Crippen LogP) is 0.282. The van der Waals surface area contributed by atoms with E-state index in [0.717, 1.165) is 32.4 Å². The summed E-state index contributed by atoms with van der Waals surface area (Å²) in [5.74, 6) is 0.0103. The molecule has 2 heterocycles. The zero-order chi connectivity index (χ0) is 14.1. The van der Waals surface area contributed by atoms with Gasteiger partial charge in [-0.25, -0.2) is 0 Å². The van der Waals surface area contributed by atoms with Crippen molar-refractivity contribution < 1.29 is 9.90 Å². The molecule has 1 amide bonds. The van der Waals surface area contributed by atoms with Gasteiger partial charge in [-0.05, 0) is 45.2 Å². The van der Waals surface area contributed by atoms with Crippen molar-refractivity contribution >= 4 is 5.91 Å². The Balaban J connectivity index is 1.56. The Hall–Kier alpha value is -0.650. The van der Waals surface area contributed by atoms with Gasteiger partial charge in [-0.3, -0.25) is 4.79 Å². The SMILES string of the molecule is O=C(CC1(O)CCCNC1)NC1CCNC12CCCC2. The van der Waals surface area contributed by atoms with E-state index in [1.165, 1.54) is 25.7 Å². The molecule has 114 valence electrons. The van der Waals surface area contributed by atoms with Gasteiger partial charge in [0, 0.05) is 18.1 Å². The van der Waals surface area contributed by atoms with Gasteiger partial charge in [0.05, 0.1) is 12.0 Å². The van der Waals surface area contributed by atoms with Crippen LogP contribution in [-0.2, 0) is 4.79 Å². The second kappa shape index (κ2) is 5.62. The minimum atomic E-state index is -0.850. The Morgan fingerprint density at radius 2 is 2.00 bits per heavy atom. The largest absolute Gasteiger partial charge is 0.388 e. The first-order chi connectivity index (χ1) is 9.62. The highest BCUT2D eigenvalue weighted by molar-refractivity contribution is 5.77. The van der Waals surface area contributed by atoms with Gasteiger partial charge < -0.3 is 21.1 Å². The molecular weight excluding hydrogens is 254 g/mol. The van der Waals surface area contributed by atoms with E-state index >= 15 is 0 Å². The molecule has 3 fully saturated rings. The highest BCUT2D eigenvalue weighted by Gasteiger charge is 2.45. The summed E-state index contributed by atoms with van der Waals surface area (Å²) in [6.07, 6.45) is 7.77. The van der Waals surface area contributed by atoms with Crippen LogP contribution in [0.5, 0.6) is 0 Å². The van der Waals surface area contributed by atoms with Gasteiger partial charge in [0.25, 0.3) is 0 Å². The van der Waals surface area contributed by atoms with Crippen LogP contribution in [0.4, 0.5) is 0 Å². The van der Waals surface area contributed by atoms with E-state index in [-0.39, 0.29) is 23.9 Å². The Bertz CT molecular complexity index is 355. The van der Waals surface area contributed by atoms with Crippen LogP contribution in [0.25, 0.3) is 0 Å². The zero-order valence-corrected chi connectivity index (χ0v) is 12.2. The van der Waals surface area contributed by atoms with Crippen LogP contribution in [0, 0.1) is 0 Å². The molecule has 5 nitrogen and oxygen atoms in total. The van der Waals surface area contributed by atoms with Gasteiger partial charge in [0.1, 0.15) is 0 Å². The van der Waals surface area contributed by atoms with Crippen molar-refractivity contribution in [3.05, 3.63) is 0 Å². The maximum Gasteiger partial charge on any atom is 0.223 e. The molecule has 2 unspecified atom stereocenters. The van der Waals surface area contributed by atoms with Crippen LogP contribution >= 0.6 is 0 Å². The number of nitrogens with one attached hydrogen (secondary N) is 3. The number of amides is 1. The normalized spacial score (nSPS) is 36.4. The summed E-state index contributed by atoms with van der Waals surface area (Å²) in [6, 6.07) is 0.248. The van der Waals surface area contributed by atoms with Crippen LogP contribution in [0.3, 0.4) is 0 Å². The van der Waals surface area contributed by atoms with E-state index in [1.807, 2.05) is 0 Å². The molecule has 2 aliphatic heterocycles. The molecule has 20 heavy (non-hydrogen) atoms. The first-order valence-corrected chi connectivity index (χ1v) is 8.10. The second-order valence-corrected chi connectivity index (χ2v) is 6.88. The molecule has 1 spiro atoms. The van der Waals surface area contributed by atoms with E-state index in [0.29, 0.717) is 6.54 Å². The molecule has 2 atom stereocenters. The molecule has 5 heteroatoms. The lowest BCUT2D eigenvalue weighted by atomic mass is 9.88. The predicted molar refractivity (Wildman–Crippen MR) is 77.4 cm³/mol. The third kappa shape index (κ3) is 2.85. The van der Waals surface area contributed by atoms with E-state index in [9.17, 15) is 9.90 Å². The lowest BCUT2D eigenvalue weighted by Crippen LogP contribution is -2.55. The van der Waals surface area contributed by atoms with E-state index < -0.39 is 5.60 Å². The van der Waals surface area contributed by atoms with E-state index in [4.69, 9.17) is 0 Å². The Morgan fingerprint density at radius 3 is 2.70 bits per heavy atom. The van der Waals surface area contributed by atoms with Crippen molar-refractivity contribution in [2.24, 2.45) is 0 Å². The Morgan fingerprint density at radius 1 is 1.20 bits per heavy atom.